The zero-order valence-corrected chi connectivity index (χ0v) is 20.8. The molecule has 10 heteroatoms. The quantitative estimate of drug-likeness (QED) is 0.528. The van der Waals surface area contributed by atoms with Gasteiger partial charge in [-0.1, -0.05) is 0 Å². The van der Waals surface area contributed by atoms with E-state index in [0.29, 0.717) is 53.1 Å². The van der Waals surface area contributed by atoms with Crippen molar-refractivity contribution in [1.29, 1.82) is 0 Å². The van der Waals surface area contributed by atoms with Gasteiger partial charge in [0.05, 0.1) is 35.5 Å². The van der Waals surface area contributed by atoms with Crippen LogP contribution in [-0.4, -0.2) is 56.1 Å². The highest BCUT2D eigenvalue weighted by atomic mass is 16.5. The number of benzene rings is 2. The number of ketones is 1. The molecule has 2 heterocycles. The fourth-order valence-electron chi connectivity index (χ4n) is 5.06. The van der Waals surface area contributed by atoms with Gasteiger partial charge in [-0.3, -0.25) is 4.79 Å². The molecular formula is C26H28N4O6. The van der Waals surface area contributed by atoms with E-state index >= 15 is 0 Å². The normalized spacial score (nSPS) is 18.6. The van der Waals surface area contributed by atoms with Crippen molar-refractivity contribution in [3.63, 3.8) is 0 Å². The van der Waals surface area contributed by atoms with Crippen molar-refractivity contribution in [1.82, 2.24) is 14.8 Å². The van der Waals surface area contributed by atoms with Crippen LogP contribution < -0.4 is 29.0 Å². The molecule has 2 unspecified atom stereocenters. The van der Waals surface area contributed by atoms with E-state index in [-0.39, 0.29) is 11.7 Å². The molecule has 0 radical (unpaired) electrons. The first-order valence-corrected chi connectivity index (χ1v) is 11.5. The molecule has 2 atom stereocenters. The monoisotopic (exact) mass is 492 g/mol. The summed E-state index contributed by atoms with van der Waals surface area (Å²) in [6.45, 7) is 0. The van der Waals surface area contributed by atoms with Gasteiger partial charge in [-0.25, -0.2) is 4.68 Å². The summed E-state index contributed by atoms with van der Waals surface area (Å²) in [5, 5.41) is 7.77. The van der Waals surface area contributed by atoms with E-state index in [1.807, 2.05) is 24.3 Å². The zero-order valence-electron chi connectivity index (χ0n) is 20.8. The second-order valence-corrected chi connectivity index (χ2v) is 8.54. The molecule has 1 N–H and O–H groups in total. The van der Waals surface area contributed by atoms with Crippen LogP contribution in [-0.2, 0) is 4.79 Å². The Kier molecular flexibility index (Phi) is 6.17. The van der Waals surface area contributed by atoms with Gasteiger partial charge in [0.1, 0.15) is 23.9 Å². The van der Waals surface area contributed by atoms with E-state index in [9.17, 15) is 4.79 Å². The van der Waals surface area contributed by atoms with Crippen molar-refractivity contribution in [3.8, 4) is 28.7 Å². The molecule has 188 valence electrons. The van der Waals surface area contributed by atoms with Crippen molar-refractivity contribution in [2.45, 2.75) is 24.8 Å². The molecule has 2 aromatic carbocycles. The first kappa shape index (κ1) is 23.5. The summed E-state index contributed by atoms with van der Waals surface area (Å²) in [6.07, 6.45) is 2.39. The van der Waals surface area contributed by atoms with Crippen LogP contribution in [0.3, 0.4) is 0 Å². The maximum atomic E-state index is 13.8. The van der Waals surface area contributed by atoms with E-state index < -0.39 is 6.04 Å². The van der Waals surface area contributed by atoms with Crippen molar-refractivity contribution >= 4 is 11.7 Å². The largest absolute Gasteiger partial charge is 0.497 e. The van der Waals surface area contributed by atoms with Gasteiger partial charge in [0.2, 0.25) is 11.7 Å². The molecule has 1 aliphatic carbocycles. The number of ether oxygens (including phenoxy) is 5. The number of rotatable bonds is 7. The summed E-state index contributed by atoms with van der Waals surface area (Å²) in [5.74, 6) is 3.38. The van der Waals surface area contributed by atoms with Gasteiger partial charge in [0.15, 0.2) is 17.3 Å². The Morgan fingerprint density at radius 1 is 0.889 bits per heavy atom. The van der Waals surface area contributed by atoms with Crippen LogP contribution in [0.4, 0.5) is 5.95 Å². The fourth-order valence-corrected chi connectivity index (χ4v) is 5.06. The van der Waals surface area contributed by atoms with Gasteiger partial charge in [-0.05, 0) is 42.2 Å². The summed E-state index contributed by atoms with van der Waals surface area (Å²) in [4.78, 5) is 18.2. The molecule has 1 aromatic heterocycles. The van der Waals surface area contributed by atoms with Gasteiger partial charge in [0.25, 0.3) is 0 Å². The number of carbonyl (C=O) groups is 1. The van der Waals surface area contributed by atoms with Gasteiger partial charge < -0.3 is 29.0 Å². The summed E-state index contributed by atoms with van der Waals surface area (Å²) < 4.78 is 29.3. The topological polar surface area (TPSA) is 106 Å². The molecule has 0 fully saturated rings. The Hall–Kier alpha value is -4.21. The number of Topliss-reactive ketones (excluding diaryl/α,β-unsaturated/α-hetero) is 1. The second-order valence-electron chi connectivity index (χ2n) is 8.54. The number of fused-ring (bicyclic) bond motifs is 1. The molecule has 0 saturated carbocycles. The third-order valence-corrected chi connectivity index (χ3v) is 6.76. The lowest BCUT2D eigenvalue weighted by Crippen LogP contribution is -2.33. The first-order valence-electron chi connectivity index (χ1n) is 11.5. The second kappa shape index (κ2) is 9.44. The molecule has 3 aromatic rings. The van der Waals surface area contributed by atoms with Crippen LogP contribution >= 0.6 is 0 Å². The number of allylic oxidation sites excluding steroid dienone is 2. The van der Waals surface area contributed by atoms with E-state index in [2.05, 4.69) is 15.4 Å². The third-order valence-electron chi connectivity index (χ3n) is 6.76. The fraction of sp³-hybridized carbons (Fsp3) is 0.346. The van der Waals surface area contributed by atoms with Crippen molar-refractivity contribution in [2.24, 2.45) is 0 Å². The minimum absolute atomic E-state index is 0.0199. The summed E-state index contributed by atoms with van der Waals surface area (Å²) >= 11 is 0. The lowest BCUT2D eigenvalue weighted by atomic mass is 9.77. The highest BCUT2D eigenvalue weighted by molar-refractivity contribution is 6.00. The lowest BCUT2D eigenvalue weighted by molar-refractivity contribution is -0.116. The number of nitrogens with zero attached hydrogens (tertiary/aromatic N) is 3. The molecule has 36 heavy (non-hydrogen) atoms. The zero-order chi connectivity index (χ0) is 25.4. The lowest BCUT2D eigenvalue weighted by Gasteiger charge is -2.35. The van der Waals surface area contributed by atoms with Crippen LogP contribution in [0.1, 0.15) is 35.9 Å². The Labute approximate surface area is 208 Å². The predicted octanol–water partition coefficient (Wildman–Crippen LogP) is 3.74. The smallest absolute Gasteiger partial charge is 0.226 e. The van der Waals surface area contributed by atoms with Crippen LogP contribution in [0.2, 0.25) is 0 Å². The molecule has 0 saturated heterocycles. The number of hydrogen-bond acceptors (Lipinski definition) is 9. The highest BCUT2D eigenvalue weighted by Crippen LogP contribution is 2.48. The number of hydrogen-bond donors (Lipinski definition) is 1. The van der Waals surface area contributed by atoms with Crippen LogP contribution in [0.5, 0.6) is 28.7 Å². The van der Waals surface area contributed by atoms with Crippen molar-refractivity contribution in [3.05, 3.63) is 59.1 Å². The average Bonchev–Trinajstić information content (AvgIpc) is 3.38. The Bertz CT molecular complexity index is 1320. The van der Waals surface area contributed by atoms with E-state index in [1.54, 1.807) is 46.3 Å². The minimum atomic E-state index is -0.479. The molecule has 0 amide bonds. The van der Waals surface area contributed by atoms with Gasteiger partial charge in [0, 0.05) is 29.3 Å². The van der Waals surface area contributed by atoms with Crippen LogP contribution in [0.25, 0.3) is 0 Å². The van der Waals surface area contributed by atoms with Gasteiger partial charge in [-0.15, -0.1) is 0 Å². The average molecular weight is 493 g/mol. The Morgan fingerprint density at radius 2 is 1.61 bits per heavy atom. The Balaban J connectivity index is 1.59. The highest BCUT2D eigenvalue weighted by Gasteiger charge is 2.40. The van der Waals surface area contributed by atoms with Crippen molar-refractivity contribution < 1.29 is 28.5 Å². The number of anilines is 1. The number of aromatic nitrogens is 3. The first-order chi connectivity index (χ1) is 17.5. The maximum Gasteiger partial charge on any atom is 0.226 e. The number of nitrogens with one attached hydrogen (secondary N) is 1. The van der Waals surface area contributed by atoms with Gasteiger partial charge in [-0.2, -0.15) is 10.1 Å². The van der Waals surface area contributed by atoms with Gasteiger partial charge >= 0.3 is 0 Å². The summed E-state index contributed by atoms with van der Waals surface area (Å²) in [6, 6.07) is 8.89. The third kappa shape index (κ3) is 3.78. The van der Waals surface area contributed by atoms with E-state index in [4.69, 9.17) is 23.7 Å². The Morgan fingerprint density at radius 3 is 2.25 bits per heavy atom. The predicted molar refractivity (Wildman–Crippen MR) is 131 cm³/mol. The van der Waals surface area contributed by atoms with E-state index in [1.165, 1.54) is 6.33 Å². The summed E-state index contributed by atoms with van der Waals surface area (Å²) in [7, 11) is 7.92. The standard InChI is InChI=1S/C26H28N4O6/c1-32-16-6-7-17(20(12-16)33-2)24-23-18(29-26-27-13-28-30(24)26)8-14(9-19(23)31)15-10-21(34-3)25(36-5)22(11-15)35-4/h6-7,10-14,24H,8-9H2,1-5H3,(H,27,28,29). The van der Waals surface area contributed by atoms with Crippen LogP contribution in [0.15, 0.2) is 47.9 Å². The molecular weight excluding hydrogens is 464 g/mol. The number of carbonyl (C=O) groups excluding carboxylic acids is 1. The molecule has 5 rings (SSSR count). The van der Waals surface area contributed by atoms with Crippen molar-refractivity contribution in [2.75, 3.05) is 40.9 Å². The summed E-state index contributed by atoms with van der Waals surface area (Å²) in [5.41, 5.74) is 3.20. The van der Waals surface area contributed by atoms with Crippen LogP contribution in [0, 0.1) is 0 Å². The molecule has 0 bridgehead atoms. The molecule has 2 aliphatic rings. The number of methoxy groups -OCH3 is 5. The maximum absolute atomic E-state index is 13.8. The molecule has 10 nitrogen and oxygen atoms in total. The molecule has 0 spiro atoms. The minimum Gasteiger partial charge on any atom is -0.497 e. The molecule has 1 aliphatic heterocycles. The van der Waals surface area contributed by atoms with E-state index in [0.717, 1.165) is 16.8 Å². The SMILES string of the molecule is COc1ccc(C2C3=C(CC(c4cc(OC)c(OC)c(OC)c4)CC3=O)Nc3ncnn32)c(OC)c1.